The molecule has 3 amide bonds. The number of likely N-dealkylation sites (tertiary alicyclic amines) is 1. The van der Waals surface area contributed by atoms with E-state index < -0.39 is 5.69 Å². The summed E-state index contributed by atoms with van der Waals surface area (Å²) in [6.45, 7) is 5.01. The maximum atomic E-state index is 12.7. The maximum Gasteiger partial charge on any atom is 0.354 e. The van der Waals surface area contributed by atoms with Crippen LogP contribution in [0.2, 0.25) is 0 Å². The van der Waals surface area contributed by atoms with Crippen LogP contribution in [0, 0.1) is 5.92 Å². The van der Waals surface area contributed by atoms with Crippen molar-refractivity contribution in [3.8, 4) is 5.69 Å². The fraction of sp³-hybridized carbons (Fsp3) is 0.571. The summed E-state index contributed by atoms with van der Waals surface area (Å²) < 4.78 is 1.46. The Morgan fingerprint density at radius 3 is 2.27 bits per heavy atom. The summed E-state index contributed by atoms with van der Waals surface area (Å²) in [7, 11) is 0. The van der Waals surface area contributed by atoms with Gasteiger partial charge in [-0.25, -0.2) is 9.59 Å². The highest BCUT2D eigenvalue weighted by atomic mass is 35.5. The zero-order valence-corrected chi connectivity index (χ0v) is 23.7. The minimum absolute atomic E-state index is 0. The molecule has 0 bridgehead atoms. The first-order valence-electron chi connectivity index (χ1n) is 14.1. The molecule has 1 aromatic carbocycles. The van der Waals surface area contributed by atoms with E-state index in [1.54, 1.807) is 17.2 Å². The van der Waals surface area contributed by atoms with Gasteiger partial charge in [-0.3, -0.25) is 14.7 Å². The second-order valence-corrected chi connectivity index (χ2v) is 11.1. The molecular formula is C28H41ClN8O3. The van der Waals surface area contributed by atoms with E-state index in [-0.39, 0.29) is 42.1 Å². The Morgan fingerprint density at radius 2 is 1.60 bits per heavy atom. The van der Waals surface area contributed by atoms with Crippen LogP contribution in [-0.4, -0.2) is 94.1 Å². The van der Waals surface area contributed by atoms with Crippen molar-refractivity contribution in [3.05, 3.63) is 52.6 Å². The van der Waals surface area contributed by atoms with Crippen LogP contribution in [0.15, 0.2) is 41.3 Å². The lowest BCUT2D eigenvalue weighted by atomic mass is 9.80. The maximum absolute atomic E-state index is 12.7. The largest absolute Gasteiger partial charge is 0.354 e. The number of carbonyl (C=O) groups is 2. The van der Waals surface area contributed by atoms with Gasteiger partial charge < -0.3 is 26.2 Å². The van der Waals surface area contributed by atoms with Crippen LogP contribution in [0.1, 0.15) is 37.7 Å². The highest BCUT2D eigenvalue weighted by Crippen LogP contribution is 2.28. The first-order valence-corrected chi connectivity index (χ1v) is 14.1. The lowest BCUT2D eigenvalue weighted by Gasteiger charge is -2.39. The molecule has 1 aromatic heterocycles. The lowest BCUT2D eigenvalue weighted by molar-refractivity contribution is -0.140. The second-order valence-electron chi connectivity index (χ2n) is 11.1. The molecule has 1 aliphatic carbocycles. The van der Waals surface area contributed by atoms with Gasteiger partial charge in [0.15, 0.2) is 0 Å². The van der Waals surface area contributed by atoms with Gasteiger partial charge in [-0.1, -0.05) is 12.1 Å². The van der Waals surface area contributed by atoms with Gasteiger partial charge in [0.05, 0.1) is 5.69 Å². The Bertz CT molecular complexity index is 1210. The van der Waals surface area contributed by atoms with Gasteiger partial charge in [0.25, 0.3) is 0 Å². The molecule has 2 aliphatic heterocycles. The number of nitrogens with two attached hydrogens (primary N) is 2. The summed E-state index contributed by atoms with van der Waals surface area (Å²) in [4.78, 5) is 48.0. The minimum Gasteiger partial charge on any atom is -0.339 e. The topological polar surface area (TPSA) is 143 Å². The van der Waals surface area contributed by atoms with Crippen molar-refractivity contribution < 1.29 is 9.59 Å². The van der Waals surface area contributed by atoms with Crippen molar-refractivity contribution in [2.45, 2.75) is 50.6 Å². The van der Waals surface area contributed by atoms with E-state index in [4.69, 9.17) is 11.5 Å². The Kier molecular flexibility index (Phi) is 10.2. The van der Waals surface area contributed by atoms with Crippen molar-refractivity contribution in [3.63, 3.8) is 0 Å². The highest BCUT2D eigenvalue weighted by molar-refractivity contribution is 5.88. The predicted octanol–water partition coefficient (Wildman–Crippen LogP) is 1.42. The molecule has 1 atom stereocenters. The summed E-state index contributed by atoms with van der Waals surface area (Å²) in [5, 5.41) is 2.72. The Morgan fingerprint density at radius 1 is 0.900 bits per heavy atom. The smallest absolute Gasteiger partial charge is 0.339 e. The monoisotopic (exact) mass is 572 g/mol. The number of halogens is 1. The third kappa shape index (κ3) is 7.39. The minimum atomic E-state index is -0.462. The molecule has 2 saturated heterocycles. The average Bonchev–Trinajstić information content (AvgIpc) is 3.14. The number of carbonyl (C=O) groups excluding carboxylic acids is 2. The van der Waals surface area contributed by atoms with Crippen molar-refractivity contribution >= 4 is 30.2 Å². The molecule has 3 fully saturated rings. The van der Waals surface area contributed by atoms with Gasteiger partial charge in [-0.15, -0.1) is 12.4 Å². The predicted molar refractivity (Wildman–Crippen MR) is 157 cm³/mol. The van der Waals surface area contributed by atoms with E-state index >= 15 is 0 Å². The number of nitrogens with zero attached hydrogens (tertiary/aromatic N) is 5. The Labute approximate surface area is 241 Å². The number of aromatic nitrogens is 2. The van der Waals surface area contributed by atoms with Gasteiger partial charge in [0, 0.05) is 56.9 Å². The van der Waals surface area contributed by atoms with E-state index in [1.807, 2.05) is 29.2 Å². The van der Waals surface area contributed by atoms with Crippen LogP contribution in [0.4, 0.5) is 10.6 Å². The first kappa shape index (κ1) is 30.0. The number of hydrogen-bond donors (Lipinski definition) is 3. The fourth-order valence-electron chi connectivity index (χ4n) is 5.63. The number of nitrogens with one attached hydrogen (secondary N) is 1. The van der Waals surface area contributed by atoms with Crippen LogP contribution < -0.4 is 22.5 Å². The molecule has 3 heterocycles. The molecule has 2 aromatic rings. The first-order chi connectivity index (χ1) is 18.9. The molecule has 0 radical (unpaired) electrons. The van der Waals surface area contributed by atoms with Crippen molar-refractivity contribution in [1.82, 2.24) is 24.3 Å². The number of hydrogen-bond acceptors (Lipinski definition) is 7. The summed E-state index contributed by atoms with van der Waals surface area (Å²) >= 11 is 0. The summed E-state index contributed by atoms with van der Waals surface area (Å²) in [6.07, 6.45) is 7.38. The second kappa shape index (κ2) is 13.6. The SMILES string of the molecule is Cl.NC1CCCN(CCc2ccc(-n3ccc(NC(=O)N4CCN(C(=O)C5CC(N)C5)CC4)nc3=O)cc2)CC1. The van der Waals surface area contributed by atoms with Crippen molar-refractivity contribution in [1.29, 1.82) is 0 Å². The zero-order chi connectivity index (χ0) is 27.4. The lowest BCUT2D eigenvalue weighted by Crippen LogP contribution is -2.55. The van der Waals surface area contributed by atoms with E-state index in [0.717, 1.165) is 63.8 Å². The zero-order valence-electron chi connectivity index (χ0n) is 22.9. The van der Waals surface area contributed by atoms with Crippen LogP contribution in [0.5, 0.6) is 0 Å². The van der Waals surface area contributed by atoms with Crippen LogP contribution in [0.3, 0.4) is 0 Å². The van der Waals surface area contributed by atoms with Gasteiger partial charge in [-0.05, 0) is 75.4 Å². The number of amides is 3. The molecule has 1 unspecified atom stereocenters. The molecule has 5 N–H and O–H groups in total. The van der Waals surface area contributed by atoms with Gasteiger partial charge in [0.1, 0.15) is 5.82 Å². The van der Waals surface area contributed by atoms with E-state index in [0.29, 0.717) is 32.2 Å². The van der Waals surface area contributed by atoms with Gasteiger partial charge >= 0.3 is 11.7 Å². The molecule has 1 saturated carbocycles. The standard InChI is InChI=1S/C28H40N8O3.ClH/c29-22-2-1-10-33(12-8-22)11-7-20-3-5-24(6-4-20)36-13-9-25(32-28(36)39)31-27(38)35-16-14-34(15-17-35)26(37)21-18-23(30)19-21;/h3-6,9,13,21-23H,1-2,7-8,10-12,14-19,29-30H2,(H,31,32,38,39);1H. The molecule has 3 aliphatic rings. The number of piperazine rings is 1. The third-order valence-corrected chi connectivity index (χ3v) is 8.24. The highest BCUT2D eigenvalue weighted by Gasteiger charge is 2.36. The number of urea groups is 1. The molecule has 11 nitrogen and oxygen atoms in total. The Balaban J connectivity index is 0.00000370. The summed E-state index contributed by atoms with van der Waals surface area (Å²) in [6, 6.07) is 9.69. The van der Waals surface area contributed by atoms with E-state index in [1.165, 1.54) is 10.1 Å². The molecule has 0 spiro atoms. The number of benzene rings is 1. The summed E-state index contributed by atoms with van der Waals surface area (Å²) in [5.41, 5.74) is 13.4. The third-order valence-electron chi connectivity index (χ3n) is 8.24. The quantitative estimate of drug-likeness (QED) is 0.475. The van der Waals surface area contributed by atoms with E-state index in [2.05, 4.69) is 15.2 Å². The molecule has 218 valence electrons. The molecule has 40 heavy (non-hydrogen) atoms. The van der Waals surface area contributed by atoms with Crippen molar-refractivity contribution in [2.75, 3.05) is 51.1 Å². The molecule has 12 heteroatoms. The average molecular weight is 573 g/mol. The van der Waals surface area contributed by atoms with E-state index in [9.17, 15) is 14.4 Å². The normalized spacial score (nSPS) is 23.5. The van der Waals surface area contributed by atoms with Gasteiger partial charge in [-0.2, -0.15) is 4.98 Å². The molecular weight excluding hydrogens is 532 g/mol. The Hall–Kier alpha value is -2.99. The molecule has 5 rings (SSSR count). The fourth-order valence-corrected chi connectivity index (χ4v) is 5.63. The van der Waals surface area contributed by atoms with Crippen LogP contribution in [0.25, 0.3) is 5.69 Å². The summed E-state index contributed by atoms with van der Waals surface area (Å²) in [5.74, 6) is 0.367. The van der Waals surface area contributed by atoms with Gasteiger partial charge in [0.2, 0.25) is 5.91 Å². The van der Waals surface area contributed by atoms with Crippen molar-refractivity contribution in [2.24, 2.45) is 17.4 Å². The van der Waals surface area contributed by atoms with Crippen LogP contribution >= 0.6 is 12.4 Å². The number of anilines is 1. The number of rotatable bonds is 6. The van der Waals surface area contributed by atoms with Crippen LogP contribution in [-0.2, 0) is 11.2 Å².